The number of hydrogen-bond donors (Lipinski definition) is 1. The Morgan fingerprint density at radius 3 is 2.62 bits per heavy atom. The average Bonchev–Trinajstić information content (AvgIpc) is 3.20. The molecule has 1 atom stereocenters. The summed E-state index contributed by atoms with van der Waals surface area (Å²) in [5.41, 5.74) is 2.99. The molecule has 0 unspecified atom stereocenters. The SMILES string of the molecule is CCN(C)C[C@@H]1CCN(C(=O)NCCC2Cc3ccccc3C2)C1. The van der Waals surface area contributed by atoms with E-state index in [-0.39, 0.29) is 6.03 Å². The van der Waals surface area contributed by atoms with Crippen molar-refractivity contribution in [3.05, 3.63) is 35.4 Å². The third-order valence-electron chi connectivity index (χ3n) is 5.65. The topological polar surface area (TPSA) is 35.6 Å². The second-order valence-electron chi connectivity index (χ2n) is 7.52. The van der Waals surface area contributed by atoms with Crippen molar-refractivity contribution in [2.45, 2.75) is 32.6 Å². The highest BCUT2D eigenvalue weighted by atomic mass is 16.2. The van der Waals surface area contributed by atoms with E-state index in [0.29, 0.717) is 11.8 Å². The van der Waals surface area contributed by atoms with Crippen molar-refractivity contribution in [2.24, 2.45) is 11.8 Å². The van der Waals surface area contributed by atoms with E-state index in [0.717, 1.165) is 45.6 Å². The molecule has 132 valence electrons. The van der Waals surface area contributed by atoms with Crippen molar-refractivity contribution >= 4 is 6.03 Å². The molecule has 1 aromatic carbocycles. The molecule has 0 radical (unpaired) electrons. The molecular weight excluding hydrogens is 298 g/mol. The van der Waals surface area contributed by atoms with Crippen molar-refractivity contribution in [3.63, 3.8) is 0 Å². The lowest BCUT2D eigenvalue weighted by atomic mass is 10.0. The monoisotopic (exact) mass is 329 g/mol. The zero-order valence-corrected chi connectivity index (χ0v) is 15.1. The third kappa shape index (κ3) is 4.29. The van der Waals surface area contributed by atoms with Crippen LogP contribution in [0.15, 0.2) is 24.3 Å². The van der Waals surface area contributed by atoms with Gasteiger partial charge in [-0.15, -0.1) is 0 Å². The highest BCUT2D eigenvalue weighted by molar-refractivity contribution is 5.74. The van der Waals surface area contributed by atoms with Gasteiger partial charge in [0.1, 0.15) is 0 Å². The summed E-state index contributed by atoms with van der Waals surface area (Å²) in [7, 11) is 2.16. The van der Waals surface area contributed by atoms with Crippen LogP contribution in [0.5, 0.6) is 0 Å². The van der Waals surface area contributed by atoms with E-state index in [9.17, 15) is 4.79 Å². The largest absolute Gasteiger partial charge is 0.338 e. The van der Waals surface area contributed by atoms with Crippen molar-refractivity contribution in [3.8, 4) is 0 Å². The van der Waals surface area contributed by atoms with Crippen LogP contribution in [0.3, 0.4) is 0 Å². The minimum absolute atomic E-state index is 0.132. The fourth-order valence-corrected chi connectivity index (χ4v) is 4.09. The quantitative estimate of drug-likeness (QED) is 0.871. The lowest BCUT2D eigenvalue weighted by Crippen LogP contribution is -2.40. The van der Waals surface area contributed by atoms with E-state index in [1.807, 2.05) is 4.90 Å². The molecule has 1 aliphatic heterocycles. The Balaban J connectivity index is 1.35. The standard InChI is InChI=1S/C20H31N3O/c1-3-22(2)14-17-9-11-23(15-17)20(24)21-10-8-16-12-18-6-4-5-7-19(18)13-16/h4-7,16-17H,3,8-15H2,1-2H3,(H,21,24)/t17-/m0/s1. The summed E-state index contributed by atoms with van der Waals surface area (Å²) in [6.45, 7) is 6.97. The van der Waals surface area contributed by atoms with Crippen LogP contribution in [0.4, 0.5) is 4.79 Å². The first-order chi connectivity index (χ1) is 11.7. The number of carbonyl (C=O) groups excluding carboxylic acids is 1. The Kier molecular flexibility index (Phi) is 5.77. The Hall–Kier alpha value is -1.55. The van der Waals surface area contributed by atoms with Crippen LogP contribution in [0.1, 0.15) is 30.9 Å². The summed E-state index contributed by atoms with van der Waals surface area (Å²) in [6, 6.07) is 8.87. The summed E-state index contributed by atoms with van der Waals surface area (Å²) >= 11 is 0. The minimum Gasteiger partial charge on any atom is -0.338 e. The van der Waals surface area contributed by atoms with E-state index in [4.69, 9.17) is 0 Å². The number of nitrogens with one attached hydrogen (secondary N) is 1. The number of hydrogen-bond acceptors (Lipinski definition) is 2. The van der Waals surface area contributed by atoms with Gasteiger partial charge < -0.3 is 15.1 Å². The highest BCUT2D eigenvalue weighted by Crippen LogP contribution is 2.28. The van der Waals surface area contributed by atoms with E-state index in [1.54, 1.807) is 0 Å². The summed E-state index contributed by atoms with van der Waals surface area (Å²) in [5, 5.41) is 3.14. The van der Waals surface area contributed by atoms with Gasteiger partial charge in [0.15, 0.2) is 0 Å². The van der Waals surface area contributed by atoms with Gasteiger partial charge in [0.25, 0.3) is 0 Å². The van der Waals surface area contributed by atoms with Gasteiger partial charge in [-0.3, -0.25) is 0 Å². The van der Waals surface area contributed by atoms with Crippen LogP contribution in [-0.4, -0.2) is 55.6 Å². The Labute approximate surface area is 146 Å². The molecule has 2 amide bonds. The van der Waals surface area contributed by atoms with E-state index in [2.05, 4.69) is 48.5 Å². The molecule has 4 heteroatoms. The smallest absolute Gasteiger partial charge is 0.317 e. The first-order valence-electron chi connectivity index (χ1n) is 9.43. The average molecular weight is 329 g/mol. The summed E-state index contributed by atoms with van der Waals surface area (Å²) in [6.07, 6.45) is 4.55. The van der Waals surface area contributed by atoms with Crippen LogP contribution in [0.2, 0.25) is 0 Å². The molecule has 1 aliphatic carbocycles. The summed E-state index contributed by atoms with van der Waals surface area (Å²) in [4.78, 5) is 16.7. The van der Waals surface area contributed by atoms with Gasteiger partial charge in [0.2, 0.25) is 0 Å². The van der Waals surface area contributed by atoms with Gasteiger partial charge in [0, 0.05) is 26.2 Å². The number of urea groups is 1. The highest BCUT2D eigenvalue weighted by Gasteiger charge is 2.27. The maximum Gasteiger partial charge on any atom is 0.317 e. The molecule has 0 spiro atoms. The molecule has 0 saturated carbocycles. The maximum absolute atomic E-state index is 12.3. The number of rotatable bonds is 6. The minimum atomic E-state index is 0.132. The molecule has 1 saturated heterocycles. The number of fused-ring (bicyclic) bond motifs is 1. The van der Waals surface area contributed by atoms with Crippen molar-refractivity contribution in [2.75, 3.05) is 39.8 Å². The zero-order chi connectivity index (χ0) is 16.9. The van der Waals surface area contributed by atoms with Crippen LogP contribution in [-0.2, 0) is 12.8 Å². The number of amides is 2. The van der Waals surface area contributed by atoms with E-state index < -0.39 is 0 Å². The first-order valence-corrected chi connectivity index (χ1v) is 9.43. The second kappa shape index (κ2) is 8.02. The molecule has 1 aromatic rings. The van der Waals surface area contributed by atoms with Gasteiger partial charge in [-0.25, -0.2) is 4.79 Å². The Bertz CT molecular complexity index is 535. The number of nitrogens with zero attached hydrogens (tertiary/aromatic N) is 2. The van der Waals surface area contributed by atoms with Gasteiger partial charge in [-0.2, -0.15) is 0 Å². The van der Waals surface area contributed by atoms with Crippen LogP contribution < -0.4 is 5.32 Å². The van der Waals surface area contributed by atoms with Crippen molar-refractivity contribution in [1.82, 2.24) is 15.1 Å². The lowest BCUT2D eigenvalue weighted by molar-refractivity contribution is 0.204. The zero-order valence-electron chi connectivity index (χ0n) is 15.1. The first kappa shape index (κ1) is 17.3. The van der Waals surface area contributed by atoms with Gasteiger partial charge in [-0.05, 0) is 62.2 Å². The van der Waals surface area contributed by atoms with Crippen molar-refractivity contribution in [1.29, 1.82) is 0 Å². The predicted octanol–water partition coefficient (Wildman–Crippen LogP) is 2.77. The van der Waals surface area contributed by atoms with Gasteiger partial charge >= 0.3 is 6.03 Å². The number of carbonyl (C=O) groups is 1. The van der Waals surface area contributed by atoms with Gasteiger partial charge in [-0.1, -0.05) is 31.2 Å². The van der Waals surface area contributed by atoms with Crippen LogP contribution in [0, 0.1) is 11.8 Å². The third-order valence-corrected chi connectivity index (χ3v) is 5.65. The molecule has 1 heterocycles. The van der Waals surface area contributed by atoms with Crippen molar-refractivity contribution < 1.29 is 4.79 Å². The summed E-state index contributed by atoms with van der Waals surface area (Å²) in [5.74, 6) is 1.32. The molecule has 4 nitrogen and oxygen atoms in total. The van der Waals surface area contributed by atoms with E-state index in [1.165, 1.54) is 24.0 Å². The van der Waals surface area contributed by atoms with E-state index >= 15 is 0 Å². The second-order valence-corrected chi connectivity index (χ2v) is 7.52. The Morgan fingerprint density at radius 2 is 1.96 bits per heavy atom. The summed E-state index contributed by atoms with van der Waals surface area (Å²) < 4.78 is 0. The normalized spacial score (nSPS) is 20.6. The molecular formula is C20H31N3O. The molecule has 1 fully saturated rings. The predicted molar refractivity (Wildman–Crippen MR) is 98.2 cm³/mol. The number of benzene rings is 1. The lowest BCUT2D eigenvalue weighted by Gasteiger charge is -2.21. The molecule has 24 heavy (non-hydrogen) atoms. The fourth-order valence-electron chi connectivity index (χ4n) is 4.09. The fraction of sp³-hybridized carbons (Fsp3) is 0.650. The molecule has 2 aliphatic rings. The Morgan fingerprint density at radius 1 is 1.25 bits per heavy atom. The molecule has 0 aromatic heterocycles. The van der Waals surface area contributed by atoms with Crippen LogP contribution in [0.25, 0.3) is 0 Å². The maximum atomic E-state index is 12.3. The molecule has 3 rings (SSSR count). The van der Waals surface area contributed by atoms with Crippen LogP contribution >= 0.6 is 0 Å². The molecule has 1 N–H and O–H groups in total. The van der Waals surface area contributed by atoms with Gasteiger partial charge in [0.05, 0.1) is 0 Å². The molecule has 0 bridgehead atoms. The number of likely N-dealkylation sites (tertiary alicyclic amines) is 1.